The Bertz CT molecular complexity index is 3250. The average Bonchev–Trinajstić information content (AvgIpc) is 3.94. The molecule has 4 aromatic carbocycles. The second kappa shape index (κ2) is 17.0. The highest BCUT2D eigenvalue weighted by Crippen LogP contribution is 2.37. The molecule has 0 aliphatic carbocycles. The Labute approximate surface area is 370 Å². The zero-order valence-electron chi connectivity index (χ0n) is 35.5. The van der Waals surface area contributed by atoms with E-state index in [1.54, 1.807) is 121 Å². The van der Waals surface area contributed by atoms with Gasteiger partial charge in [-0.1, -0.05) is 35.3 Å². The number of benzene rings is 4. The molecule has 8 aromatic rings. The van der Waals surface area contributed by atoms with E-state index in [2.05, 4.69) is 4.98 Å². The smallest absolute Gasteiger partial charge is 0.418 e. The van der Waals surface area contributed by atoms with Crippen LogP contribution in [0.4, 0.5) is 16.2 Å². The minimum atomic E-state index is -1.05. The van der Waals surface area contributed by atoms with Gasteiger partial charge in [0, 0.05) is 80.1 Å². The third-order valence-electron chi connectivity index (χ3n) is 10.3. The van der Waals surface area contributed by atoms with Crippen LogP contribution < -0.4 is 20.7 Å². The summed E-state index contributed by atoms with van der Waals surface area (Å²) in [5.74, 6) is -2.05. The first-order valence-corrected chi connectivity index (χ1v) is 20.4. The Kier molecular flexibility index (Phi) is 11.9. The number of carboxylic acid groups (broad SMARTS) is 2. The number of anilines is 2. The monoisotopic (exact) mass is 890 g/mol. The number of ether oxygens (including phenoxy) is 1. The lowest BCUT2D eigenvalue weighted by molar-refractivity contribution is -0.138. The molecule has 63 heavy (non-hydrogen) atoms. The van der Waals surface area contributed by atoms with Gasteiger partial charge in [-0.3, -0.25) is 23.7 Å². The Morgan fingerprint density at radius 1 is 0.651 bits per heavy atom. The fourth-order valence-electron chi connectivity index (χ4n) is 7.76. The highest BCUT2D eigenvalue weighted by Gasteiger charge is 2.23. The Morgan fingerprint density at radius 3 is 1.52 bits per heavy atom. The second-order valence-electron chi connectivity index (χ2n) is 16.3. The van der Waals surface area contributed by atoms with Crippen LogP contribution in [0.5, 0.6) is 0 Å². The molecule has 0 unspecified atom stereocenters. The first kappa shape index (κ1) is 44.0. The molecule has 3 N–H and O–H groups in total. The molecule has 0 aliphatic heterocycles. The highest BCUT2D eigenvalue weighted by atomic mass is 35.5. The van der Waals surface area contributed by atoms with Crippen LogP contribution in [-0.4, -0.2) is 80.7 Å². The molecule has 0 fully saturated rings. The molecule has 0 amide bonds. The first-order valence-electron chi connectivity index (χ1n) is 19.7. The van der Waals surface area contributed by atoms with E-state index in [1.165, 1.54) is 4.57 Å². The molecule has 16 heteroatoms. The topological polar surface area (TPSA) is 172 Å². The first-order chi connectivity index (χ1) is 29.7. The van der Waals surface area contributed by atoms with Crippen LogP contribution in [-0.2, 0) is 27.4 Å². The number of carbonyl (C=O) groups excluding carboxylic acids is 1. The van der Waals surface area contributed by atoms with Gasteiger partial charge in [-0.05, 0) is 98.1 Å². The molecule has 4 aromatic heterocycles. The van der Waals surface area contributed by atoms with Crippen molar-refractivity contribution in [2.24, 2.45) is 0 Å². The number of aromatic amines is 1. The van der Waals surface area contributed by atoms with Crippen LogP contribution in [0.2, 0.25) is 10.0 Å². The number of fused-ring (bicyclic) bond motifs is 4. The summed E-state index contributed by atoms with van der Waals surface area (Å²) >= 11 is 12.9. The molecular formula is C47H44Cl2N6O8. The van der Waals surface area contributed by atoms with Gasteiger partial charge in [-0.2, -0.15) is 0 Å². The van der Waals surface area contributed by atoms with E-state index in [4.69, 9.17) is 27.9 Å². The Hall–Kier alpha value is -7.03. The standard InChI is InChI=1S/C26H26ClN3O5.C21H18ClN3O3/c1-26(2,3)35-25(34)29-11-10-16(13-29)15-6-7-17-20(12-15)30(14-21(31)32)22-18(24(17)33)8-9-19(27)23(22)28(4)5;1-24(2)20-16(22)6-5-15-19(20)25(11-18(26)27)17-9-12(13-7-8-23-10-13)3-4-14(17)21(15)28/h6-13H,14H2,1-5H3,(H,31,32);3-10,23H,11H2,1-2H3,(H,26,27). The van der Waals surface area contributed by atoms with Gasteiger partial charge in [0.2, 0.25) is 0 Å². The van der Waals surface area contributed by atoms with Gasteiger partial charge in [0.1, 0.15) is 18.7 Å². The fraction of sp³-hybridized carbons (Fsp3) is 0.213. The van der Waals surface area contributed by atoms with E-state index in [1.807, 2.05) is 44.7 Å². The summed E-state index contributed by atoms with van der Waals surface area (Å²) in [6.45, 7) is 4.72. The molecule has 324 valence electrons. The second-order valence-corrected chi connectivity index (χ2v) is 17.2. The molecule has 0 bridgehead atoms. The number of aromatic nitrogens is 4. The molecular weight excluding hydrogens is 847 g/mol. The number of carboxylic acids is 2. The quantitative estimate of drug-likeness (QED) is 0.125. The zero-order chi connectivity index (χ0) is 45.7. The van der Waals surface area contributed by atoms with E-state index >= 15 is 0 Å². The van der Waals surface area contributed by atoms with Crippen molar-refractivity contribution in [3.63, 3.8) is 0 Å². The lowest BCUT2D eigenvalue weighted by Crippen LogP contribution is -2.26. The van der Waals surface area contributed by atoms with E-state index in [9.17, 15) is 34.2 Å². The van der Waals surface area contributed by atoms with Crippen LogP contribution in [0.3, 0.4) is 0 Å². The van der Waals surface area contributed by atoms with Crippen molar-refractivity contribution in [2.45, 2.75) is 39.5 Å². The minimum Gasteiger partial charge on any atom is -0.480 e. The number of rotatable bonds is 8. The molecule has 14 nitrogen and oxygen atoms in total. The number of H-pyrrole nitrogens is 1. The molecule has 0 radical (unpaired) electrons. The van der Waals surface area contributed by atoms with Crippen LogP contribution in [0, 0.1) is 0 Å². The van der Waals surface area contributed by atoms with Gasteiger partial charge < -0.3 is 38.9 Å². The molecule has 4 heterocycles. The minimum absolute atomic E-state index is 0.146. The fourth-order valence-corrected chi connectivity index (χ4v) is 8.40. The highest BCUT2D eigenvalue weighted by molar-refractivity contribution is 6.35. The van der Waals surface area contributed by atoms with Gasteiger partial charge in [0.05, 0.1) is 43.5 Å². The third kappa shape index (κ3) is 8.59. The number of nitrogens with zero attached hydrogens (tertiary/aromatic N) is 5. The molecule has 0 spiro atoms. The van der Waals surface area contributed by atoms with Crippen molar-refractivity contribution >= 4 is 96.2 Å². The average molecular weight is 892 g/mol. The summed E-state index contributed by atoms with van der Waals surface area (Å²) < 4.78 is 10.0. The Morgan fingerprint density at radius 2 is 1.11 bits per heavy atom. The summed E-state index contributed by atoms with van der Waals surface area (Å²) in [5, 5.41) is 21.8. The predicted molar refractivity (Wildman–Crippen MR) is 250 cm³/mol. The van der Waals surface area contributed by atoms with Crippen molar-refractivity contribution in [3.8, 4) is 22.3 Å². The van der Waals surface area contributed by atoms with Crippen LogP contribution in [0.15, 0.2) is 107 Å². The van der Waals surface area contributed by atoms with Gasteiger partial charge in [0.15, 0.2) is 10.9 Å². The van der Waals surface area contributed by atoms with Crippen molar-refractivity contribution in [3.05, 3.63) is 128 Å². The summed E-state index contributed by atoms with van der Waals surface area (Å²) in [6.07, 6.45) is 6.39. The van der Waals surface area contributed by atoms with Crippen molar-refractivity contribution in [1.82, 2.24) is 18.7 Å². The Balaban J connectivity index is 0.000000193. The largest absolute Gasteiger partial charge is 0.480 e. The molecule has 0 aliphatic rings. The van der Waals surface area contributed by atoms with E-state index in [-0.39, 0.29) is 23.9 Å². The van der Waals surface area contributed by atoms with Crippen molar-refractivity contribution < 1.29 is 29.3 Å². The third-order valence-corrected chi connectivity index (χ3v) is 11.0. The number of hydrogen-bond acceptors (Lipinski definition) is 8. The number of carbonyl (C=O) groups is 3. The number of aliphatic carboxylic acids is 2. The van der Waals surface area contributed by atoms with Crippen LogP contribution in [0.25, 0.3) is 65.9 Å². The van der Waals surface area contributed by atoms with Gasteiger partial charge >= 0.3 is 18.0 Å². The lowest BCUT2D eigenvalue weighted by atomic mass is 10.0. The zero-order valence-corrected chi connectivity index (χ0v) is 37.0. The van der Waals surface area contributed by atoms with Gasteiger partial charge in [-0.15, -0.1) is 0 Å². The van der Waals surface area contributed by atoms with Gasteiger partial charge in [-0.25, -0.2) is 4.79 Å². The summed E-state index contributed by atoms with van der Waals surface area (Å²) in [5.41, 5.74) is 5.44. The summed E-state index contributed by atoms with van der Waals surface area (Å²) in [6, 6.07) is 21.0. The number of pyridine rings is 2. The number of hydrogen-bond donors (Lipinski definition) is 3. The lowest BCUT2D eigenvalue weighted by Gasteiger charge is -2.22. The molecule has 0 saturated carbocycles. The molecule has 0 atom stereocenters. The maximum absolute atomic E-state index is 13.4. The molecule has 0 saturated heterocycles. The van der Waals surface area contributed by atoms with Gasteiger partial charge in [0.25, 0.3) is 0 Å². The summed E-state index contributed by atoms with van der Waals surface area (Å²) in [7, 11) is 7.21. The maximum Gasteiger partial charge on any atom is 0.418 e. The maximum atomic E-state index is 13.4. The van der Waals surface area contributed by atoms with Crippen molar-refractivity contribution in [2.75, 3.05) is 38.0 Å². The number of halogens is 2. The van der Waals surface area contributed by atoms with E-state index < -0.39 is 23.6 Å². The van der Waals surface area contributed by atoms with Crippen LogP contribution in [0.1, 0.15) is 20.8 Å². The summed E-state index contributed by atoms with van der Waals surface area (Å²) in [4.78, 5) is 69.1. The molecule has 8 rings (SSSR count). The van der Waals surface area contributed by atoms with Crippen LogP contribution >= 0.6 is 23.2 Å². The van der Waals surface area contributed by atoms with E-state index in [0.717, 1.165) is 11.1 Å². The predicted octanol–water partition coefficient (Wildman–Crippen LogP) is 9.16. The van der Waals surface area contributed by atoms with Crippen molar-refractivity contribution in [1.29, 1.82) is 0 Å². The SMILES string of the molecule is CN(C)c1c(Cl)ccc2c(=O)c3ccc(-c4cc[nH]c4)cc3n(CC(=O)O)c12.CN(C)c1c(Cl)ccc2c(=O)c3ccc(-c4ccn(C(=O)OC(C)(C)C)c4)cc3n(CC(=O)O)c12. The van der Waals surface area contributed by atoms with E-state index in [0.29, 0.717) is 76.2 Å². The normalized spacial score (nSPS) is 11.5. The number of nitrogens with one attached hydrogen (secondary N) is 1.